The van der Waals surface area contributed by atoms with Crippen molar-refractivity contribution in [2.45, 2.75) is 13.8 Å². The number of aromatic nitrogens is 1. The van der Waals surface area contributed by atoms with Gasteiger partial charge in [0.05, 0.1) is 5.69 Å². The van der Waals surface area contributed by atoms with Gasteiger partial charge in [0.15, 0.2) is 0 Å². The second-order valence-electron chi connectivity index (χ2n) is 5.12. The summed E-state index contributed by atoms with van der Waals surface area (Å²) in [6.45, 7) is 4.21. The van der Waals surface area contributed by atoms with Crippen molar-refractivity contribution in [2.75, 3.05) is 0 Å². The molecule has 0 atom stereocenters. The molecule has 20 heavy (non-hydrogen) atoms. The zero-order chi connectivity index (χ0) is 13.9. The van der Waals surface area contributed by atoms with E-state index in [1.165, 1.54) is 27.8 Å². The predicted octanol–water partition coefficient (Wildman–Crippen LogP) is 5.03. The number of hydrogen-bond donors (Lipinski definition) is 0. The van der Waals surface area contributed by atoms with E-state index in [4.69, 9.17) is 0 Å². The monoisotopic (exact) mass is 259 g/mol. The molecule has 0 radical (unpaired) electrons. The van der Waals surface area contributed by atoms with Crippen LogP contribution in [-0.4, -0.2) is 4.98 Å². The van der Waals surface area contributed by atoms with Crippen LogP contribution >= 0.6 is 0 Å². The first-order valence-electron chi connectivity index (χ1n) is 6.83. The Morgan fingerprint density at radius 1 is 0.700 bits per heavy atom. The van der Waals surface area contributed by atoms with Crippen molar-refractivity contribution >= 4 is 0 Å². The minimum absolute atomic E-state index is 1.06. The van der Waals surface area contributed by atoms with E-state index in [1.807, 2.05) is 12.3 Å². The summed E-state index contributed by atoms with van der Waals surface area (Å²) >= 11 is 0. The normalized spacial score (nSPS) is 10.5. The van der Waals surface area contributed by atoms with Crippen molar-refractivity contribution in [3.63, 3.8) is 0 Å². The Labute approximate surface area is 119 Å². The molecule has 0 unspecified atom stereocenters. The fourth-order valence-corrected chi connectivity index (χ4v) is 2.38. The van der Waals surface area contributed by atoms with Crippen LogP contribution in [0.4, 0.5) is 0 Å². The van der Waals surface area contributed by atoms with Crippen molar-refractivity contribution < 1.29 is 0 Å². The van der Waals surface area contributed by atoms with Crippen molar-refractivity contribution in [1.29, 1.82) is 0 Å². The topological polar surface area (TPSA) is 12.9 Å². The average molecular weight is 259 g/mol. The average Bonchev–Trinajstić information content (AvgIpc) is 2.49. The number of aryl methyl sites for hydroxylation is 2. The molecule has 1 nitrogen and oxygen atoms in total. The van der Waals surface area contributed by atoms with Gasteiger partial charge in [-0.05, 0) is 42.7 Å². The van der Waals surface area contributed by atoms with Crippen LogP contribution in [0.5, 0.6) is 0 Å². The van der Waals surface area contributed by atoms with E-state index < -0.39 is 0 Å². The molecular formula is C19H17N. The van der Waals surface area contributed by atoms with E-state index >= 15 is 0 Å². The van der Waals surface area contributed by atoms with Crippen LogP contribution in [0.1, 0.15) is 11.1 Å². The van der Waals surface area contributed by atoms with Crippen LogP contribution in [0, 0.1) is 13.8 Å². The van der Waals surface area contributed by atoms with E-state index in [9.17, 15) is 0 Å². The molecule has 1 aromatic heterocycles. The molecule has 0 aliphatic rings. The predicted molar refractivity (Wildman–Crippen MR) is 84.6 cm³/mol. The second kappa shape index (κ2) is 5.30. The zero-order valence-corrected chi connectivity index (χ0v) is 11.8. The lowest BCUT2D eigenvalue weighted by Gasteiger charge is -2.08. The number of benzene rings is 2. The standard InChI is InChI=1S/C19H17N/c1-14-8-10-16(11-9-14)17-6-3-7-18(13-17)19-15(2)5-4-12-20-19/h3-13H,1-2H3. The lowest BCUT2D eigenvalue weighted by molar-refractivity contribution is 1.27. The number of rotatable bonds is 2. The summed E-state index contributed by atoms with van der Waals surface area (Å²) in [5.41, 5.74) is 7.18. The highest BCUT2D eigenvalue weighted by atomic mass is 14.7. The summed E-state index contributed by atoms with van der Waals surface area (Å²) in [5, 5.41) is 0. The van der Waals surface area contributed by atoms with Crippen LogP contribution in [0.2, 0.25) is 0 Å². The van der Waals surface area contributed by atoms with E-state index in [-0.39, 0.29) is 0 Å². The maximum absolute atomic E-state index is 4.50. The van der Waals surface area contributed by atoms with E-state index in [0.29, 0.717) is 0 Å². The van der Waals surface area contributed by atoms with Crippen molar-refractivity contribution in [3.8, 4) is 22.4 Å². The SMILES string of the molecule is Cc1ccc(-c2cccc(-c3ncccc3C)c2)cc1. The fraction of sp³-hybridized carbons (Fsp3) is 0.105. The molecule has 0 aliphatic carbocycles. The number of nitrogens with zero attached hydrogens (tertiary/aromatic N) is 1. The molecule has 0 bridgehead atoms. The van der Waals surface area contributed by atoms with Gasteiger partial charge in [-0.2, -0.15) is 0 Å². The first kappa shape index (κ1) is 12.6. The van der Waals surface area contributed by atoms with Gasteiger partial charge in [0.1, 0.15) is 0 Å². The van der Waals surface area contributed by atoms with Gasteiger partial charge in [-0.25, -0.2) is 0 Å². The van der Waals surface area contributed by atoms with Gasteiger partial charge in [-0.15, -0.1) is 0 Å². The van der Waals surface area contributed by atoms with Gasteiger partial charge in [-0.1, -0.05) is 54.1 Å². The Kier molecular flexibility index (Phi) is 3.34. The summed E-state index contributed by atoms with van der Waals surface area (Å²) in [5.74, 6) is 0. The van der Waals surface area contributed by atoms with Gasteiger partial charge in [-0.3, -0.25) is 4.98 Å². The number of pyridine rings is 1. The first-order valence-corrected chi connectivity index (χ1v) is 6.83. The maximum Gasteiger partial charge on any atom is 0.0731 e. The molecular weight excluding hydrogens is 242 g/mol. The van der Waals surface area contributed by atoms with E-state index in [1.54, 1.807) is 0 Å². The first-order chi connectivity index (χ1) is 9.74. The Morgan fingerprint density at radius 2 is 1.45 bits per heavy atom. The van der Waals surface area contributed by atoms with E-state index in [2.05, 4.69) is 73.4 Å². The third kappa shape index (κ3) is 2.48. The summed E-state index contributed by atoms with van der Waals surface area (Å²) in [6, 6.07) is 21.3. The molecule has 0 spiro atoms. The lowest BCUT2D eigenvalue weighted by atomic mass is 9.99. The van der Waals surface area contributed by atoms with Crippen LogP contribution in [0.3, 0.4) is 0 Å². The molecule has 1 heterocycles. The Balaban J connectivity index is 2.06. The van der Waals surface area contributed by atoms with Gasteiger partial charge in [0, 0.05) is 11.8 Å². The van der Waals surface area contributed by atoms with Crippen molar-refractivity contribution in [1.82, 2.24) is 4.98 Å². The molecule has 0 saturated carbocycles. The number of hydrogen-bond acceptors (Lipinski definition) is 1. The summed E-state index contributed by atoms with van der Waals surface area (Å²) in [4.78, 5) is 4.50. The molecule has 0 fully saturated rings. The van der Waals surface area contributed by atoms with Crippen LogP contribution in [0.25, 0.3) is 22.4 Å². The molecule has 0 saturated heterocycles. The largest absolute Gasteiger partial charge is 0.256 e. The van der Waals surface area contributed by atoms with Crippen molar-refractivity contribution in [3.05, 3.63) is 78.0 Å². The van der Waals surface area contributed by atoms with Crippen LogP contribution in [-0.2, 0) is 0 Å². The Hall–Kier alpha value is -2.41. The van der Waals surface area contributed by atoms with Gasteiger partial charge < -0.3 is 0 Å². The lowest BCUT2D eigenvalue weighted by Crippen LogP contribution is -1.88. The zero-order valence-electron chi connectivity index (χ0n) is 11.8. The minimum Gasteiger partial charge on any atom is -0.256 e. The van der Waals surface area contributed by atoms with Gasteiger partial charge in [0.2, 0.25) is 0 Å². The third-order valence-electron chi connectivity index (χ3n) is 3.53. The highest BCUT2D eigenvalue weighted by Gasteiger charge is 2.04. The Morgan fingerprint density at radius 3 is 2.20 bits per heavy atom. The molecule has 0 N–H and O–H groups in total. The molecule has 98 valence electrons. The molecule has 2 aromatic carbocycles. The molecule has 1 heteroatoms. The van der Waals surface area contributed by atoms with Gasteiger partial charge in [0.25, 0.3) is 0 Å². The molecule has 0 amide bonds. The second-order valence-corrected chi connectivity index (χ2v) is 5.12. The van der Waals surface area contributed by atoms with Gasteiger partial charge >= 0.3 is 0 Å². The molecule has 3 aromatic rings. The highest BCUT2D eigenvalue weighted by Crippen LogP contribution is 2.27. The molecule has 3 rings (SSSR count). The van der Waals surface area contributed by atoms with Crippen LogP contribution in [0.15, 0.2) is 66.9 Å². The third-order valence-corrected chi connectivity index (χ3v) is 3.53. The summed E-state index contributed by atoms with van der Waals surface area (Å²) < 4.78 is 0. The summed E-state index contributed by atoms with van der Waals surface area (Å²) in [7, 11) is 0. The quantitative estimate of drug-likeness (QED) is 0.628. The highest BCUT2D eigenvalue weighted by molar-refractivity contribution is 5.72. The summed E-state index contributed by atoms with van der Waals surface area (Å²) in [6.07, 6.45) is 1.85. The van der Waals surface area contributed by atoms with Crippen molar-refractivity contribution in [2.24, 2.45) is 0 Å². The maximum atomic E-state index is 4.50. The Bertz CT molecular complexity index is 727. The van der Waals surface area contributed by atoms with E-state index in [0.717, 1.165) is 5.69 Å². The smallest absolute Gasteiger partial charge is 0.0731 e. The molecule has 0 aliphatic heterocycles. The fourth-order valence-electron chi connectivity index (χ4n) is 2.38. The van der Waals surface area contributed by atoms with Crippen LogP contribution < -0.4 is 0 Å². The minimum atomic E-state index is 1.06.